The second-order valence-corrected chi connectivity index (χ2v) is 7.41. The predicted octanol–water partition coefficient (Wildman–Crippen LogP) is 2.25. The first-order chi connectivity index (χ1) is 10.8. The molecular weight excluding hydrogens is 290 g/mol. The van der Waals surface area contributed by atoms with Gasteiger partial charge in [0.25, 0.3) is 0 Å². The van der Waals surface area contributed by atoms with Gasteiger partial charge in [-0.2, -0.15) is 0 Å². The van der Waals surface area contributed by atoms with Crippen molar-refractivity contribution in [2.24, 2.45) is 11.3 Å². The molecule has 1 aromatic heterocycles. The summed E-state index contributed by atoms with van der Waals surface area (Å²) in [5, 5.41) is 3.21. The van der Waals surface area contributed by atoms with Crippen molar-refractivity contribution in [3.05, 3.63) is 23.9 Å². The number of ether oxygens (including phenoxy) is 1. The van der Waals surface area contributed by atoms with Crippen LogP contribution in [0.4, 0.5) is 0 Å². The smallest absolute Gasteiger partial charge is 0.229 e. The number of aromatic nitrogens is 1. The summed E-state index contributed by atoms with van der Waals surface area (Å²) in [6.45, 7) is 10.4. The summed E-state index contributed by atoms with van der Waals surface area (Å²) in [6.07, 6.45) is 2.70. The van der Waals surface area contributed by atoms with E-state index in [4.69, 9.17) is 4.74 Å². The minimum Gasteiger partial charge on any atom is -0.476 e. The van der Waals surface area contributed by atoms with E-state index in [0.29, 0.717) is 18.4 Å². The Kier molecular flexibility index (Phi) is 5.63. The van der Waals surface area contributed by atoms with E-state index in [-0.39, 0.29) is 11.9 Å². The van der Waals surface area contributed by atoms with Gasteiger partial charge >= 0.3 is 0 Å². The number of nitrogens with one attached hydrogen (secondary N) is 1. The van der Waals surface area contributed by atoms with E-state index in [0.717, 1.165) is 25.1 Å². The van der Waals surface area contributed by atoms with E-state index in [1.807, 2.05) is 32.9 Å². The maximum Gasteiger partial charge on any atom is 0.229 e. The number of rotatable bonds is 5. The van der Waals surface area contributed by atoms with E-state index in [2.05, 4.69) is 29.2 Å². The van der Waals surface area contributed by atoms with Crippen molar-refractivity contribution in [2.75, 3.05) is 26.7 Å². The van der Waals surface area contributed by atoms with Crippen LogP contribution >= 0.6 is 0 Å². The summed E-state index contributed by atoms with van der Waals surface area (Å²) in [7, 11) is 2.13. The molecule has 23 heavy (non-hydrogen) atoms. The monoisotopic (exact) mass is 319 g/mol. The summed E-state index contributed by atoms with van der Waals surface area (Å²) in [4.78, 5) is 19.2. The van der Waals surface area contributed by atoms with Gasteiger partial charge in [-0.25, -0.2) is 4.98 Å². The number of likely N-dealkylation sites (tertiary alicyclic amines) is 1. The zero-order valence-corrected chi connectivity index (χ0v) is 14.9. The molecule has 0 aliphatic carbocycles. The van der Waals surface area contributed by atoms with Gasteiger partial charge in [-0.1, -0.05) is 13.0 Å². The summed E-state index contributed by atoms with van der Waals surface area (Å²) >= 11 is 0. The van der Waals surface area contributed by atoms with Gasteiger partial charge in [0.05, 0.1) is 5.41 Å². The number of nitrogens with zero attached hydrogens (tertiary/aromatic N) is 2. The zero-order valence-electron chi connectivity index (χ0n) is 14.9. The third-order valence-corrected chi connectivity index (χ3v) is 4.57. The molecule has 5 nitrogen and oxygen atoms in total. The lowest BCUT2D eigenvalue weighted by molar-refractivity contribution is -0.132. The molecule has 1 saturated heterocycles. The van der Waals surface area contributed by atoms with Crippen molar-refractivity contribution in [1.82, 2.24) is 15.2 Å². The van der Waals surface area contributed by atoms with Gasteiger partial charge in [-0.05, 0) is 52.8 Å². The van der Waals surface area contributed by atoms with Gasteiger partial charge in [0, 0.05) is 24.3 Å². The number of aryl methyl sites for hydroxylation is 1. The highest BCUT2D eigenvalue weighted by molar-refractivity contribution is 5.82. The molecule has 0 aromatic carbocycles. The van der Waals surface area contributed by atoms with Crippen LogP contribution in [0.5, 0.6) is 5.88 Å². The summed E-state index contributed by atoms with van der Waals surface area (Å²) in [6, 6.07) is 4.08. The lowest BCUT2D eigenvalue weighted by atomic mass is 9.89. The van der Waals surface area contributed by atoms with Crippen molar-refractivity contribution in [2.45, 2.75) is 40.2 Å². The lowest BCUT2D eigenvalue weighted by Crippen LogP contribution is -2.52. The fourth-order valence-electron chi connectivity index (χ4n) is 2.87. The van der Waals surface area contributed by atoms with Crippen LogP contribution in [0, 0.1) is 18.3 Å². The van der Waals surface area contributed by atoms with Crippen molar-refractivity contribution in [3.8, 4) is 5.88 Å². The van der Waals surface area contributed by atoms with Crippen LogP contribution in [0.1, 0.15) is 32.8 Å². The third-order valence-electron chi connectivity index (χ3n) is 4.57. The summed E-state index contributed by atoms with van der Waals surface area (Å²) in [5.74, 6) is 1.11. The fraction of sp³-hybridized carbons (Fsp3) is 0.667. The summed E-state index contributed by atoms with van der Waals surface area (Å²) < 4.78 is 5.78. The first-order valence-corrected chi connectivity index (χ1v) is 8.33. The average Bonchev–Trinajstić information content (AvgIpc) is 2.49. The van der Waals surface area contributed by atoms with Gasteiger partial charge in [-0.15, -0.1) is 0 Å². The maximum atomic E-state index is 12.6. The van der Waals surface area contributed by atoms with Gasteiger partial charge in [0.15, 0.2) is 0 Å². The largest absolute Gasteiger partial charge is 0.476 e. The van der Waals surface area contributed by atoms with Crippen LogP contribution in [-0.4, -0.2) is 48.6 Å². The van der Waals surface area contributed by atoms with Crippen LogP contribution in [0.15, 0.2) is 18.3 Å². The molecule has 0 spiro atoms. The molecule has 0 bridgehead atoms. The van der Waals surface area contributed by atoms with E-state index >= 15 is 0 Å². The molecule has 1 amide bonds. The zero-order chi connectivity index (χ0) is 17.0. The molecule has 5 heteroatoms. The number of carbonyl (C=O) groups excluding carboxylic acids is 1. The average molecular weight is 319 g/mol. The van der Waals surface area contributed by atoms with Crippen molar-refractivity contribution in [3.63, 3.8) is 0 Å². The normalized spacial score (nSPS) is 22.7. The third kappa shape index (κ3) is 4.67. The summed E-state index contributed by atoms with van der Waals surface area (Å²) in [5.41, 5.74) is 0.389. The first kappa shape index (κ1) is 17.7. The Morgan fingerprint density at radius 3 is 2.91 bits per heavy atom. The molecule has 128 valence electrons. The molecule has 1 fully saturated rings. The fourth-order valence-corrected chi connectivity index (χ4v) is 2.87. The Balaban J connectivity index is 1.91. The quantitative estimate of drug-likeness (QED) is 0.904. The highest BCUT2D eigenvalue weighted by atomic mass is 16.5. The Morgan fingerprint density at radius 1 is 1.52 bits per heavy atom. The SMILES string of the molecule is Cc1cccnc1OCC(C)(C)C(=O)N[C@@H]1CCN(C)C[C@H]1C. The Bertz CT molecular complexity index is 545. The topological polar surface area (TPSA) is 54.5 Å². The molecule has 1 aliphatic rings. The van der Waals surface area contributed by atoms with Crippen molar-refractivity contribution in [1.29, 1.82) is 0 Å². The molecule has 2 rings (SSSR count). The Hall–Kier alpha value is -1.62. The molecule has 0 radical (unpaired) electrons. The van der Waals surface area contributed by atoms with Crippen LogP contribution < -0.4 is 10.1 Å². The highest BCUT2D eigenvalue weighted by Gasteiger charge is 2.33. The van der Waals surface area contributed by atoms with Crippen molar-refractivity contribution >= 4 is 5.91 Å². The Labute approximate surface area is 139 Å². The highest BCUT2D eigenvalue weighted by Crippen LogP contribution is 2.22. The van der Waals surface area contributed by atoms with Crippen LogP contribution in [0.25, 0.3) is 0 Å². The second-order valence-electron chi connectivity index (χ2n) is 7.41. The predicted molar refractivity (Wildman–Crippen MR) is 91.5 cm³/mol. The number of amides is 1. The van der Waals surface area contributed by atoms with Gasteiger partial charge in [0.1, 0.15) is 6.61 Å². The van der Waals surface area contributed by atoms with Crippen LogP contribution in [0.2, 0.25) is 0 Å². The number of pyridine rings is 1. The number of hydrogen-bond donors (Lipinski definition) is 1. The minimum atomic E-state index is -0.590. The van der Waals surface area contributed by atoms with Gasteiger partial charge in [-0.3, -0.25) is 4.79 Å². The molecule has 0 saturated carbocycles. The standard InChI is InChI=1S/C18H29N3O2/c1-13-7-6-9-19-16(13)23-12-18(3,4)17(22)20-15-8-10-21(5)11-14(15)2/h6-7,9,14-15H,8,10-12H2,1-5H3,(H,20,22)/t14-,15-/m1/s1. The van der Waals surface area contributed by atoms with Crippen LogP contribution in [-0.2, 0) is 4.79 Å². The molecule has 1 aliphatic heterocycles. The van der Waals surface area contributed by atoms with E-state index in [1.54, 1.807) is 6.20 Å². The molecular formula is C18H29N3O2. The second kappa shape index (κ2) is 7.30. The van der Waals surface area contributed by atoms with Crippen molar-refractivity contribution < 1.29 is 9.53 Å². The van der Waals surface area contributed by atoms with Gasteiger partial charge in [0.2, 0.25) is 11.8 Å². The molecule has 2 atom stereocenters. The molecule has 2 heterocycles. The number of carbonyl (C=O) groups is 1. The minimum absolute atomic E-state index is 0.0486. The van der Waals surface area contributed by atoms with E-state index in [9.17, 15) is 4.79 Å². The Morgan fingerprint density at radius 2 is 2.26 bits per heavy atom. The lowest BCUT2D eigenvalue weighted by Gasteiger charge is -2.37. The number of piperidine rings is 1. The van der Waals surface area contributed by atoms with Crippen LogP contribution in [0.3, 0.4) is 0 Å². The molecule has 1 aromatic rings. The number of hydrogen-bond acceptors (Lipinski definition) is 4. The van der Waals surface area contributed by atoms with Gasteiger partial charge < -0.3 is 15.0 Å². The first-order valence-electron chi connectivity index (χ1n) is 8.33. The molecule has 0 unspecified atom stereocenters. The van der Waals surface area contributed by atoms with E-state index < -0.39 is 5.41 Å². The maximum absolute atomic E-state index is 12.6. The molecule has 1 N–H and O–H groups in total. The van der Waals surface area contributed by atoms with E-state index in [1.165, 1.54) is 0 Å².